The number of hydrogen-bond donors (Lipinski definition) is 1. The molecule has 1 N–H and O–H groups in total. The van der Waals surface area contributed by atoms with Crippen LogP contribution in [0.1, 0.15) is 25.8 Å². The van der Waals surface area contributed by atoms with Crippen molar-refractivity contribution in [3.63, 3.8) is 0 Å². The number of rotatable bonds is 6. The van der Waals surface area contributed by atoms with Gasteiger partial charge in [0.1, 0.15) is 0 Å². The van der Waals surface area contributed by atoms with Crippen LogP contribution >= 0.6 is 11.3 Å². The highest BCUT2D eigenvalue weighted by molar-refractivity contribution is 7.17. The Hall–Kier alpha value is -0.860. The number of nitrogens with one attached hydrogen (secondary N) is 1. The van der Waals surface area contributed by atoms with E-state index in [1.54, 1.807) is 0 Å². The van der Waals surface area contributed by atoms with E-state index in [0.717, 1.165) is 18.4 Å². The molecule has 1 nitrogen and oxygen atoms in total. The predicted molar refractivity (Wildman–Crippen MR) is 82.4 cm³/mol. The largest absolute Gasteiger partial charge is 0.319 e. The van der Waals surface area contributed by atoms with Gasteiger partial charge in [0.05, 0.1) is 0 Å². The first-order chi connectivity index (χ1) is 8.70. The molecule has 1 atom stereocenters. The van der Waals surface area contributed by atoms with E-state index in [-0.39, 0.29) is 0 Å². The smallest absolute Gasteiger partial charge is 0.0345 e. The molecule has 2 rings (SSSR count). The lowest BCUT2D eigenvalue weighted by molar-refractivity contribution is 0.396. The highest BCUT2D eigenvalue weighted by Gasteiger charge is 2.13. The van der Waals surface area contributed by atoms with Crippen molar-refractivity contribution in [3.05, 3.63) is 35.2 Å². The van der Waals surface area contributed by atoms with E-state index in [1.165, 1.54) is 28.5 Å². The second-order valence-corrected chi connectivity index (χ2v) is 6.43. The van der Waals surface area contributed by atoms with Crippen molar-refractivity contribution in [3.8, 4) is 0 Å². The van der Waals surface area contributed by atoms with E-state index in [4.69, 9.17) is 0 Å². The van der Waals surface area contributed by atoms with Crippen LogP contribution in [-0.4, -0.2) is 13.6 Å². The Morgan fingerprint density at radius 1 is 1.22 bits per heavy atom. The third-order valence-corrected chi connectivity index (χ3v) is 4.38. The molecule has 1 unspecified atom stereocenters. The maximum atomic E-state index is 3.34. The summed E-state index contributed by atoms with van der Waals surface area (Å²) in [6.07, 6.45) is 2.49. The maximum Gasteiger partial charge on any atom is 0.0345 e. The average Bonchev–Trinajstić information content (AvgIpc) is 2.72. The van der Waals surface area contributed by atoms with Gasteiger partial charge >= 0.3 is 0 Å². The average molecular weight is 261 g/mol. The predicted octanol–water partition coefficient (Wildman–Crippen LogP) is 4.33. The number of benzene rings is 1. The maximum absolute atomic E-state index is 3.34. The van der Waals surface area contributed by atoms with Crippen molar-refractivity contribution in [2.45, 2.75) is 26.7 Å². The molecule has 1 aromatic carbocycles. The molecule has 0 spiro atoms. The highest BCUT2D eigenvalue weighted by atomic mass is 32.1. The van der Waals surface area contributed by atoms with Crippen LogP contribution in [0.15, 0.2) is 29.6 Å². The quantitative estimate of drug-likeness (QED) is 0.816. The van der Waals surface area contributed by atoms with Gasteiger partial charge in [0.15, 0.2) is 0 Å². The zero-order valence-corrected chi connectivity index (χ0v) is 12.4. The molecule has 18 heavy (non-hydrogen) atoms. The van der Waals surface area contributed by atoms with Crippen LogP contribution in [0.5, 0.6) is 0 Å². The first-order valence-corrected chi connectivity index (χ1v) is 7.68. The minimum absolute atomic E-state index is 0.744. The van der Waals surface area contributed by atoms with E-state index < -0.39 is 0 Å². The molecule has 0 saturated carbocycles. The first-order valence-electron chi connectivity index (χ1n) is 6.80. The Balaban J connectivity index is 2.15. The Bertz CT molecular complexity index is 487. The Labute approximate surface area is 114 Å². The highest BCUT2D eigenvalue weighted by Crippen LogP contribution is 2.28. The first kappa shape index (κ1) is 13.6. The standard InChI is InChI=1S/C16H23NS/c1-12(2)8-13(10-17-3)9-14-11-18-16-7-5-4-6-15(14)16/h4-7,11-13,17H,8-10H2,1-3H3. The molecule has 0 bridgehead atoms. The SMILES string of the molecule is CNCC(Cc1csc2ccccc12)CC(C)C. The molecule has 0 aliphatic rings. The monoisotopic (exact) mass is 261 g/mol. The van der Waals surface area contributed by atoms with Gasteiger partial charge in [0.25, 0.3) is 0 Å². The van der Waals surface area contributed by atoms with Crippen molar-refractivity contribution in [1.29, 1.82) is 0 Å². The van der Waals surface area contributed by atoms with Crippen molar-refractivity contribution >= 4 is 21.4 Å². The van der Waals surface area contributed by atoms with Crippen molar-refractivity contribution in [2.75, 3.05) is 13.6 Å². The number of fused-ring (bicyclic) bond motifs is 1. The van der Waals surface area contributed by atoms with Gasteiger partial charge in [0.2, 0.25) is 0 Å². The molecule has 98 valence electrons. The lowest BCUT2D eigenvalue weighted by Crippen LogP contribution is -2.22. The summed E-state index contributed by atoms with van der Waals surface area (Å²) in [4.78, 5) is 0. The normalized spacial score (nSPS) is 13.3. The lowest BCUT2D eigenvalue weighted by Gasteiger charge is -2.18. The summed E-state index contributed by atoms with van der Waals surface area (Å²) in [5.41, 5.74) is 1.52. The van der Waals surface area contributed by atoms with Gasteiger partial charge in [-0.15, -0.1) is 11.3 Å². The van der Waals surface area contributed by atoms with Gasteiger partial charge in [-0.1, -0.05) is 32.0 Å². The summed E-state index contributed by atoms with van der Waals surface area (Å²) in [6, 6.07) is 8.75. The molecule has 0 amide bonds. The van der Waals surface area contributed by atoms with Crippen LogP contribution in [-0.2, 0) is 6.42 Å². The fourth-order valence-corrected chi connectivity index (χ4v) is 3.67. The summed E-state index contributed by atoms with van der Waals surface area (Å²) < 4.78 is 1.42. The molecule has 1 aromatic heterocycles. The Kier molecular flexibility index (Phi) is 4.79. The second kappa shape index (κ2) is 6.35. The molecule has 0 aliphatic carbocycles. The van der Waals surface area contributed by atoms with Crippen molar-refractivity contribution in [1.82, 2.24) is 5.32 Å². The van der Waals surface area contributed by atoms with E-state index in [0.29, 0.717) is 0 Å². The molecule has 0 aliphatic heterocycles. The van der Waals surface area contributed by atoms with Crippen LogP contribution in [0.3, 0.4) is 0 Å². The zero-order valence-electron chi connectivity index (χ0n) is 11.6. The minimum Gasteiger partial charge on any atom is -0.319 e. The lowest BCUT2D eigenvalue weighted by atomic mass is 9.91. The molecule has 0 fully saturated rings. The van der Waals surface area contributed by atoms with Gasteiger partial charge < -0.3 is 5.32 Å². The summed E-state index contributed by atoms with van der Waals surface area (Å²) in [7, 11) is 2.05. The molecule has 1 heterocycles. The van der Waals surface area contributed by atoms with Crippen LogP contribution in [0, 0.1) is 11.8 Å². The van der Waals surface area contributed by atoms with Crippen LogP contribution in [0.25, 0.3) is 10.1 Å². The van der Waals surface area contributed by atoms with Gasteiger partial charge in [-0.2, -0.15) is 0 Å². The molecule has 2 aromatic rings. The van der Waals surface area contributed by atoms with Crippen LogP contribution in [0.2, 0.25) is 0 Å². The molecular weight excluding hydrogens is 238 g/mol. The van der Waals surface area contributed by atoms with E-state index in [2.05, 4.69) is 55.9 Å². The zero-order chi connectivity index (χ0) is 13.0. The summed E-state index contributed by atoms with van der Waals surface area (Å²) in [5.74, 6) is 1.52. The number of thiophene rings is 1. The summed E-state index contributed by atoms with van der Waals surface area (Å²) in [6.45, 7) is 5.74. The minimum atomic E-state index is 0.744. The Morgan fingerprint density at radius 3 is 2.72 bits per heavy atom. The van der Waals surface area contributed by atoms with Gasteiger partial charge in [-0.3, -0.25) is 0 Å². The molecule has 0 radical (unpaired) electrons. The summed E-state index contributed by atoms with van der Waals surface area (Å²) >= 11 is 1.87. The van der Waals surface area contributed by atoms with Crippen molar-refractivity contribution in [2.24, 2.45) is 11.8 Å². The fraction of sp³-hybridized carbons (Fsp3) is 0.500. The second-order valence-electron chi connectivity index (χ2n) is 5.51. The molecule has 2 heteroatoms. The summed E-state index contributed by atoms with van der Waals surface area (Å²) in [5, 5.41) is 7.13. The Morgan fingerprint density at radius 2 is 2.00 bits per heavy atom. The van der Waals surface area contributed by atoms with Gasteiger partial charge in [-0.25, -0.2) is 0 Å². The van der Waals surface area contributed by atoms with Crippen molar-refractivity contribution < 1.29 is 0 Å². The third kappa shape index (κ3) is 3.33. The van der Waals surface area contributed by atoms with Crippen LogP contribution in [0.4, 0.5) is 0 Å². The number of hydrogen-bond acceptors (Lipinski definition) is 2. The van der Waals surface area contributed by atoms with Crippen LogP contribution < -0.4 is 5.32 Å². The van der Waals surface area contributed by atoms with E-state index >= 15 is 0 Å². The van der Waals surface area contributed by atoms with E-state index in [9.17, 15) is 0 Å². The fourth-order valence-electron chi connectivity index (χ4n) is 2.70. The molecular formula is C16H23NS. The van der Waals surface area contributed by atoms with Gasteiger partial charge in [-0.05, 0) is 60.7 Å². The van der Waals surface area contributed by atoms with Gasteiger partial charge in [0, 0.05) is 4.70 Å². The third-order valence-electron chi connectivity index (χ3n) is 3.37. The molecule has 0 saturated heterocycles. The van der Waals surface area contributed by atoms with E-state index in [1.807, 2.05) is 11.3 Å². The topological polar surface area (TPSA) is 12.0 Å².